The molecule has 0 spiro atoms. The predicted octanol–water partition coefficient (Wildman–Crippen LogP) is 3.50. The van der Waals surface area contributed by atoms with Gasteiger partial charge in [0.05, 0.1) is 17.2 Å². The fourth-order valence-corrected chi connectivity index (χ4v) is 4.59. The Morgan fingerprint density at radius 2 is 2.13 bits per heavy atom. The molecule has 1 saturated heterocycles. The smallest absolute Gasteiger partial charge is 0.273 e. The number of piperidine rings is 1. The van der Waals surface area contributed by atoms with Crippen LogP contribution in [0.5, 0.6) is 0 Å². The average molecular weight is 425 g/mol. The molecule has 1 N–H and O–H groups in total. The van der Waals surface area contributed by atoms with Gasteiger partial charge in [-0.15, -0.1) is 11.3 Å². The zero-order valence-electron chi connectivity index (χ0n) is 16.8. The van der Waals surface area contributed by atoms with Crippen molar-refractivity contribution in [2.75, 3.05) is 19.6 Å². The van der Waals surface area contributed by atoms with Gasteiger partial charge in [0, 0.05) is 36.0 Å². The molecule has 0 bridgehead atoms. The minimum atomic E-state index is -0.421. The maximum atomic E-state index is 12.6. The van der Waals surface area contributed by atoms with E-state index in [-0.39, 0.29) is 24.1 Å². The van der Waals surface area contributed by atoms with Crippen LogP contribution in [0.4, 0.5) is 0 Å². The number of nitrogens with zero attached hydrogens (tertiary/aromatic N) is 3. The largest absolute Gasteiger partial charge is 0.355 e. The highest BCUT2D eigenvalue weighted by Crippen LogP contribution is 2.29. The van der Waals surface area contributed by atoms with Gasteiger partial charge in [0.25, 0.3) is 5.91 Å². The van der Waals surface area contributed by atoms with Crippen molar-refractivity contribution in [3.8, 4) is 11.3 Å². The monoisotopic (exact) mass is 424 g/mol. The Labute approximate surface area is 179 Å². The number of carbonyl (C=O) groups excluding carboxylic acids is 2. The molecule has 0 aliphatic carbocycles. The van der Waals surface area contributed by atoms with E-state index >= 15 is 0 Å². The molecule has 1 aromatic carbocycles. The Hall–Kier alpha value is -3.00. The third-order valence-corrected chi connectivity index (χ3v) is 6.31. The summed E-state index contributed by atoms with van der Waals surface area (Å²) in [4.78, 5) is 31.5. The van der Waals surface area contributed by atoms with Crippen molar-refractivity contribution in [2.24, 2.45) is 0 Å². The molecule has 156 valence electrons. The van der Waals surface area contributed by atoms with E-state index < -0.39 is 5.91 Å². The Kier molecular flexibility index (Phi) is 6.23. The molecule has 1 aliphatic rings. The molecule has 4 rings (SSSR count). The normalized spacial score (nSPS) is 16.4. The van der Waals surface area contributed by atoms with Crippen LogP contribution in [-0.2, 0) is 11.2 Å². The molecule has 1 fully saturated rings. The van der Waals surface area contributed by atoms with Crippen molar-refractivity contribution in [3.63, 3.8) is 0 Å². The number of hydrogen-bond donors (Lipinski definition) is 1. The van der Waals surface area contributed by atoms with Gasteiger partial charge in [-0.25, -0.2) is 4.98 Å². The number of aromatic nitrogens is 2. The van der Waals surface area contributed by atoms with Crippen LogP contribution in [0.2, 0.25) is 0 Å². The van der Waals surface area contributed by atoms with E-state index in [0.29, 0.717) is 18.8 Å². The molecule has 0 radical (unpaired) electrons. The number of benzene rings is 1. The van der Waals surface area contributed by atoms with Gasteiger partial charge >= 0.3 is 0 Å². The first-order valence-corrected chi connectivity index (χ1v) is 11.0. The van der Waals surface area contributed by atoms with E-state index in [1.807, 2.05) is 35.2 Å². The lowest BCUT2D eigenvalue weighted by Gasteiger charge is -2.31. The van der Waals surface area contributed by atoms with Crippen LogP contribution in [0.1, 0.15) is 46.9 Å². The van der Waals surface area contributed by atoms with E-state index in [1.165, 1.54) is 0 Å². The minimum Gasteiger partial charge on any atom is -0.355 e. The zero-order valence-corrected chi connectivity index (χ0v) is 17.7. The number of rotatable bonds is 6. The maximum absolute atomic E-state index is 12.6. The second kappa shape index (κ2) is 9.21. The molecule has 3 aromatic rings. The molecule has 3 heterocycles. The summed E-state index contributed by atoms with van der Waals surface area (Å²) in [5.41, 5.74) is 2.11. The van der Waals surface area contributed by atoms with E-state index in [9.17, 15) is 9.59 Å². The van der Waals surface area contributed by atoms with Gasteiger partial charge in [-0.05, 0) is 19.3 Å². The number of amides is 2. The van der Waals surface area contributed by atoms with Gasteiger partial charge in [0.15, 0.2) is 11.5 Å². The van der Waals surface area contributed by atoms with Crippen molar-refractivity contribution in [3.05, 3.63) is 58.2 Å². The molecule has 7 nitrogen and oxygen atoms in total. The second-order valence-corrected chi connectivity index (χ2v) is 8.22. The highest BCUT2D eigenvalue weighted by molar-refractivity contribution is 7.09. The Morgan fingerprint density at radius 3 is 2.90 bits per heavy atom. The number of thiazole rings is 1. The molecular formula is C22H24N4O3S. The number of carbonyl (C=O) groups is 2. The fourth-order valence-electron chi connectivity index (χ4n) is 3.56. The lowest BCUT2D eigenvalue weighted by Crippen LogP contribution is -2.44. The third-order valence-electron chi connectivity index (χ3n) is 5.26. The van der Waals surface area contributed by atoms with Crippen LogP contribution in [0.15, 0.2) is 46.3 Å². The Bertz CT molecular complexity index is 1010. The van der Waals surface area contributed by atoms with Crippen molar-refractivity contribution in [2.45, 2.75) is 32.1 Å². The topological polar surface area (TPSA) is 88.3 Å². The van der Waals surface area contributed by atoms with Gasteiger partial charge < -0.3 is 14.7 Å². The van der Waals surface area contributed by atoms with Crippen LogP contribution >= 0.6 is 11.3 Å². The van der Waals surface area contributed by atoms with Crippen molar-refractivity contribution in [1.29, 1.82) is 0 Å². The SMILES string of the molecule is CCc1csc(C2CCCN(C(=O)CNC(=O)c3cc(-c4ccccc4)on3)C2)n1. The molecule has 1 unspecified atom stereocenters. The molecule has 1 atom stereocenters. The summed E-state index contributed by atoms with van der Waals surface area (Å²) in [5.74, 6) is 0.274. The Morgan fingerprint density at radius 1 is 1.30 bits per heavy atom. The van der Waals surface area contributed by atoms with Gasteiger partial charge in [0.1, 0.15) is 0 Å². The van der Waals surface area contributed by atoms with Crippen molar-refractivity contribution < 1.29 is 14.1 Å². The summed E-state index contributed by atoms with van der Waals surface area (Å²) >= 11 is 1.67. The number of aryl methyl sites for hydroxylation is 1. The van der Waals surface area contributed by atoms with E-state index in [2.05, 4.69) is 27.8 Å². The van der Waals surface area contributed by atoms with Crippen LogP contribution < -0.4 is 5.32 Å². The summed E-state index contributed by atoms with van der Waals surface area (Å²) in [6, 6.07) is 11.0. The molecular weight excluding hydrogens is 400 g/mol. The lowest BCUT2D eigenvalue weighted by atomic mass is 9.98. The van der Waals surface area contributed by atoms with Gasteiger partial charge in [-0.3, -0.25) is 9.59 Å². The summed E-state index contributed by atoms with van der Waals surface area (Å²) in [6.07, 6.45) is 2.90. The lowest BCUT2D eigenvalue weighted by molar-refractivity contribution is -0.131. The third kappa shape index (κ3) is 4.59. The molecule has 8 heteroatoms. The van der Waals surface area contributed by atoms with Gasteiger partial charge in [-0.1, -0.05) is 42.4 Å². The van der Waals surface area contributed by atoms with Crippen LogP contribution in [0, 0.1) is 0 Å². The number of nitrogens with one attached hydrogen (secondary N) is 1. The Balaban J connectivity index is 1.32. The number of hydrogen-bond acceptors (Lipinski definition) is 6. The van der Waals surface area contributed by atoms with E-state index in [4.69, 9.17) is 4.52 Å². The maximum Gasteiger partial charge on any atom is 0.273 e. The predicted molar refractivity (Wildman–Crippen MR) is 114 cm³/mol. The molecule has 30 heavy (non-hydrogen) atoms. The van der Waals surface area contributed by atoms with E-state index in [0.717, 1.165) is 35.5 Å². The summed E-state index contributed by atoms with van der Waals surface area (Å²) < 4.78 is 5.26. The molecule has 2 amide bonds. The van der Waals surface area contributed by atoms with Crippen molar-refractivity contribution >= 4 is 23.2 Å². The molecule has 1 aliphatic heterocycles. The van der Waals surface area contributed by atoms with E-state index in [1.54, 1.807) is 17.4 Å². The molecule has 0 saturated carbocycles. The first-order valence-electron chi connectivity index (χ1n) is 10.2. The number of likely N-dealkylation sites (tertiary alicyclic amines) is 1. The first kappa shape index (κ1) is 20.3. The fraction of sp³-hybridized carbons (Fsp3) is 0.364. The summed E-state index contributed by atoms with van der Waals surface area (Å²) in [7, 11) is 0. The van der Waals surface area contributed by atoms with Crippen LogP contribution in [0.25, 0.3) is 11.3 Å². The highest BCUT2D eigenvalue weighted by Gasteiger charge is 2.27. The first-order chi connectivity index (χ1) is 14.6. The zero-order chi connectivity index (χ0) is 20.9. The summed E-state index contributed by atoms with van der Waals surface area (Å²) in [6.45, 7) is 3.39. The minimum absolute atomic E-state index is 0.0584. The van der Waals surface area contributed by atoms with Gasteiger partial charge in [0.2, 0.25) is 5.91 Å². The quantitative estimate of drug-likeness (QED) is 0.654. The molecule has 2 aromatic heterocycles. The van der Waals surface area contributed by atoms with Gasteiger partial charge in [-0.2, -0.15) is 0 Å². The summed E-state index contributed by atoms with van der Waals surface area (Å²) in [5, 5.41) is 9.69. The standard InChI is InChI=1S/C22H24N4O3S/c1-2-17-14-30-22(24-17)16-9-6-10-26(13-16)20(27)12-23-21(28)18-11-19(29-25-18)15-7-4-3-5-8-15/h3-5,7-8,11,14,16H,2,6,9-10,12-13H2,1H3,(H,23,28). The van der Waals surface area contributed by atoms with Crippen LogP contribution in [-0.4, -0.2) is 46.5 Å². The second-order valence-electron chi connectivity index (χ2n) is 7.33. The highest BCUT2D eigenvalue weighted by atomic mass is 32.1. The average Bonchev–Trinajstić information content (AvgIpc) is 3.48. The van der Waals surface area contributed by atoms with Crippen LogP contribution in [0.3, 0.4) is 0 Å². The van der Waals surface area contributed by atoms with Crippen molar-refractivity contribution in [1.82, 2.24) is 20.4 Å².